The van der Waals surface area contributed by atoms with Crippen LogP contribution in [0.3, 0.4) is 0 Å². The van der Waals surface area contributed by atoms with Crippen molar-refractivity contribution >= 4 is 0 Å². The molecule has 3 aromatic carbocycles. The smallest absolute Gasteiger partial charge is 0.125 e. The Kier molecular flexibility index (Phi) is 29.2. The van der Waals surface area contributed by atoms with Gasteiger partial charge in [-0.25, -0.2) is 0 Å². The summed E-state index contributed by atoms with van der Waals surface area (Å²) >= 11 is 0. The molecular formula is C58H84O8. The Balaban J connectivity index is 1.94. The normalized spacial score (nSPS) is 11.9. The Bertz CT molecular complexity index is 1920. The highest BCUT2D eigenvalue weighted by molar-refractivity contribution is 5.53. The van der Waals surface area contributed by atoms with E-state index in [1.54, 1.807) is 31.3 Å². The fourth-order valence-corrected chi connectivity index (χ4v) is 7.82. The largest absolute Gasteiger partial charge is 0.507 e. The van der Waals surface area contributed by atoms with Crippen molar-refractivity contribution in [2.75, 3.05) is 0 Å². The molecule has 66 heavy (non-hydrogen) atoms. The van der Waals surface area contributed by atoms with Gasteiger partial charge in [-0.2, -0.15) is 0 Å². The number of hydrogen-bond donors (Lipinski definition) is 3. The minimum Gasteiger partial charge on any atom is -0.507 e. The molecule has 0 aliphatic rings. The lowest BCUT2D eigenvalue weighted by molar-refractivity contribution is 0.226. The van der Waals surface area contributed by atoms with Crippen molar-refractivity contribution in [3.05, 3.63) is 148 Å². The van der Waals surface area contributed by atoms with Crippen LogP contribution in [-0.2, 0) is 69.6 Å². The number of hydrogen-bond acceptors (Lipinski definition) is 8. The van der Waals surface area contributed by atoms with Crippen molar-refractivity contribution < 1.29 is 39.0 Å². The van der Waals surface area contributed by atoms with Crippen LogP contribution in [0.5, 0.6) is 17.2 Å². The van der Waals surface area contributed by atoms with E-state index in [0.717, 1.165) is 55.2 Å². The summed E-state index contributed by atoms with van der Waals surface area (Å²) in [6.07, 6.45) is 40.0. The zero-order valence-corrected chi connectivity index (χ0v) is 41.3. The van der Waals surface area contributed by atoms with Crippen molar-refractivity contribution in [2.45, 2.75) is 196 Å². The molecule has 0 radical (unpaired) electrons. The average molecular weight is 909 g/mol. The van der Waals surface area contributed by atoms with Gasteiger partial charge in [0.1, 0.15) is 50.3 Å². The van der Waals surface area contributed by atoms with E-state index in [9.17, 15) is 15.3 Å². The average Bonchev–Trinajstić information content (AvgIpc) is 3.31. The van der Waals surface area contributed by atoms with Crippen LogP contribution in [0.2, 0.25) is 0 Å². The molecular weight excluding hydrogens is 825 g/mol. The van der Waals surface area contributed by atoms with Gasteiger partial charge in [0.05, 0.1) is 31.3 Å². The molecule has 3 N–H and O–H groups in total. The fraction of sp³-hybridized carbons (Fsp3) is 0.517. The number of aromatic hydroxyl groups is 3. The Morgan fingerprint density at radius 2 is 0.621 bits per heavy atom. The van der Waals surface area contributed by atoms with E-state index in [-0.39, 0.29) is 49.9 Å². The van der Waals surface area contributed by atoms with Gasteiger partial charge in [-0.1, -0.05) is 110 Å². The summed E-state index contributed by atoms with van der Waals surface area (Å²) in [4.78, 5) is 0. The highest BCUT2D eigenvalue weighted by atomic mass is 16.5. The molecule has 0 aliphatic heterocycles. The third kappa shape index (κ3) is 22.3. The number of unbranched alkanes of at least 4 members (excludes halogenated alkanes) is 15. The van der Waals surface area contributed by atoms with Crippen LogP contribution in [0.4, 0.5) is 0 Å². The van der Waals surface area contributed by atoms with Gasteiger partial charge in [0, 0.05) is 24.0 Å². The lowest BCUT2D eigenvalue weighted by Gasteiger charge is -2.18. The predicted octanol–water partition coefficient (Wildman–Crippen LogP) is 16.3. The second kappa shape index (κ2) is 35.0. The minimum absolute atomic E-state index is 0.0852. The molecule has 3 rings (SSSR count). The Labute approximate surface area is 399 Å². The highest BCUT2D eigenvalue weighted by Gasteiger charge is 2.19. The molecule has 0 saturated heterocycles. The molecule has 0 atom stereocenters. The lowest BCUT2D eigenvalue weighted by Crippen LogP contribution is -2.03. The molecule has 0 aliphatic carbocycles. The Hall–Kier alpha value is -5.24. The molecule has 0 bridgehead atoms. The monoisotopic (exact) mass is 909 g/mol. The Morgan fingerprint density at radius 1 is 0.348 bits per heavy atom. The first-order chi connectivity index (χ1) is 32.3. The molecule has 0 unspecified atom stereocenters. The van der Waals surface area contributed by atoms with Crippen molar-refractivity contribution in [2.24, 2.45) is 0 Å². The van der Waals surface area contributed by atoms with E-state index in [1.165, 1.54) is 77.0 Å². The first-order valence-corrected chi connectivity index (χ1v) is 25.1. The maximum atomic E-state index is 12.1. The van der Waals surface area contributed by atoms with Crippen molar-refractivity contribution in [1.29, 1.82) is 0 Å². The zero-order valence-electron chi connectivity index (χ0n) is 41.3. The van der Waals surface area contributed by atoms with Crippen LogP contribution in [-0.4, -0.2) is 15.3 Å². The maximum absolute atomic E-state index is 12.1. The van der Waals surface area contributed by atoms with Crippen LogP contribution in [0, 0.1) is 0 Å². The number of benzene rings is 3. The lowest BCUT2D eigenvalue weighted by atomic mass is 9.92. The molecule has 364 valence electrons. The first-order valence-electron chi connectivity index (χ1n) is 25.1. The van der Waals surface area contributed by atoms with Crippen LogP contribution in [0.1, 0.15) is 200 Å². The maximum Gasteiger partial charge on any atom is 0.125 e. The second-order valence-corrected chi connectivity index (χ2v) is 17.4. The summed E-state index contributed by atoms with van der Waals surface area (Å²) in [7, 11) is 0. The summed E-state index contributed by atoms with van der Waals surface area (Å²) in [5.74, 6) is 0.315. The van der Waals surface area contributed by atoms with Crippen LogP contribution in [0.15, 0.2) is 98.1 Å². The molecule has 3 aromatic rings. The summed E-state index contributed by atoms with van der Waals surface area (Å²) in [5, 5.41) is 35.5. The first kappa shape index (κ1) is 55.1. The summed E-state index contributed by atoms with van der Waals surface area (Å²) in [6.45, 7) is 11.7. The SMILES string of the molecule is CC=COCc1cc(COC=CCCCCCCC)c(O)c(Cc2cc(COC=CC)cc(Cc3cc(COC=CCCCCCCC)cc(COC=CCCCCCCC)c3O)c2O)c1. The number of phenolic OH excluding ortho intramolecular Hbond substituents is 3. The topological polar surface area (TPSA) is 107 Å². The van der Waals surface area contributed by atoms with E-state index in [2.05, 4.69) is 32.9 Å². The van der Waals surface area contributed by atoms with Gasteiger partial charge in [-0.15, -0.1) is 0 Å². The van der Waals surface area contributed by atoms with E-state index in [1.807, 2.05) is 68.5 Å². The fourth-order valence-electron chi connectivity index (χ4n) is 7.82. The Morgan fingerprint density at radius 3 is 0.939 bits per heavy atom. The molecule has 0 saturated carbocycles. The van der Waals surface area contributed by atoms with Gasteiger partial charge in [-0.05, 0) is 146 Å². The van der Waals surface area contributed by atoms with E-state index >= 15 is 0 Å². The predicted molar refractivity (Wildman–Crippen MR) is 271 cm³/mol. The number of rotatable bonds is 37. The van der Waals surface area contributed by atoms with Gasteiger partial charge in [0.25, 0.3) is 0 Å². The zero-order chi connectivity index (χ0) is 47.5. The molecule has 0 spiro atoms. The highest BCUT2D eigenvalue weighted by Crippen LogP contribution is 2.36. The second-order valence-electron chi connectivity index (χ2n) is 17.4. The summed E-state index contributed by atoms with van der Waals surface area (Å²) in [5.41, 5.74) is 6.38. The quantitative estimate of drug-likeness (QED) is 0.0388. The van der Waals surface area contributed by atoms with Gasteiger partial charge in [-0.3, -0.25) is 0 Å². The number of allylic oxidation sites excluding steroid dienone is 5. The van der Waals surface area contributed by atoms with Crippen LogP contribution < -0.4 is 0 Å². The van der Waals surface area contributed by atoms with Crippen molar-refractivity contribution in [3.63, 3.8) is 0 Å². The molecule has 0 heterocycles. The van der Waals surface area contributed by atoms with Crippen molar-refractivity contribution in [1.82, 2.24) is 0 Å². The minimum atomic E-state index is 0.0852. The third-order valence-electron chi connectivity index (χ3n) is 11.4. The number of phenols is 3. The molecule has 8 heteroatoms. The van der Waals surface area contributed by atoms with Gasteiger partial charge in [0.15, 0.2) is 0 Å². The van der Waals surface area contributed by atoms with Gasteiger partial charge in [0.2, 0.25) is 0 Å². The molecule has 0 fully saturated rings. The number of ether oxygens (including phenoxy) is 5. The molecule has 8 nitrogen and oxygen atoms in total. The molecule has 0 aromatic heterocycles. The third-order valence-corrected chi connectivity index (χ3v) is 11.4. The van der Waals surface area contributed by atoms with E-state index in [0.29, 0.717) is 46.6 Å². The standard InChI is InChI=1S/C58H84O8/c1-6-11-14-17-20-23-26-31-64-44-49-37-53(58(61)55(39-49)46-66-33-28-25-22-19-16-13-8-3)41-51-35-47(42-62-29-9-4)34-50(56(51)59)40-52-36-48(43-63-30-10-5)38-54(57(52)60)45-65-32-27-24-21-18-15-12-7-2/h9-10,26-39,59-61H,6-8,11-25,40-46H2,1-5H3. The van der Waals surface area contributed by atoms with E-state index < -0.39 is 0 Å². The molecule has 0 amide bonds. The van der Waals surface area contributed by atoms with Crippen LogP contribution in [0.25, 0.3) is 0 Å². The summed E-state index contributed by atoms with van der Waals surface area (Å²) in [6, 6.07) is 11.5. The van der Waals surface area contributed by atoms with E-state index in [4.69, 9.17) is 23.7 Å². The summed E-state index contributed by atoms with van der Waals surface area (Å²) < 4.78 is 29.5. The van der Waals surface area contributed by atoms with Gasteiger partial charge < -0.3 is 39.0 Å². The van der Waals surface area contributed by atoms with Crippen molar-refractivity contribution in [3.8, 4) is 17.2 Å². The van der Waals surface area contributed by atoms with Crippen LogP contribution >= 0.6 is 0 Å². The van der Waals surface area contributed by atoms with Gasteiger partial charge >= 0.3 is 0 Å².